The molecule has 1 aromatic rings. The van der Waals surface area contributed by atoms with Crippen molar-refractivity contribution in [2.24, 2.45) is 5.92 Å². The van der Waals surface area contributed by atoms with Gasteiger partial charge in [0.2, 0.25) is 5.91 Å². The predicted molar refractivity (Wildman–Crippen MR) is 126 cm³/mol. The molecule has 170 valence electrons. The number of hydrogen-bond acceptors (Lipinski definition) is 4. The zero-order valence-corrected chi connectivity index (χ0v) is 18.9. The first kappa shape index (κ1) is 22.5. The van der Waals surface area contributed by atoms with Gasteiger partial charge in [0.05, 0.1) is 6.54 Å². The lowest BCUT2D eigenvalue weighted by Gasteiger charge is -2.39. The van der Waals surface area contributed by atoms with E-state index in [0.29, 0.717) is 18.9 Å². The molecule has 2 heterocycles. The summed E-state index contributed by atoms with van der Waals surface area (Å²) in [4.78, 5) is 19.7. The summed E-state index contributed by atoms with van der Waals surface area (Å²) in [6.07, 6.45) is 12.1. The number of likely N-dealkylation sites (tertiary alicyclic amines) is 1. The number of carbonyl (C=O) groups is 1. The molecule has 2 fully saturated rings. The minimum atomic E-state index is -0.668. The Morgan fingerprint density at radius 3 is 2.55 bits per heavy atom. The van der Waals surface area contributed by atoms with Crippen molar-refractivity contribution < 1.29 is 9.90 Å². The number of aliphatic hydroxyl groups excluding tert-OH is 1. The zero-order chi connectivity index (χ0) is 21.6. The molecule has 1 saturated carbocycles. The molecule has 2 aliphatic heterocycles. The Hall–Kier alpha value is -1.69. The molecule has 5 nitrogen and oxygen atoms in total. The number of fused-ring (bicyclic) bond motifs is 1. The third-order valence-corrected chi connectivity index (χ3v) is 7.60. The standard InChI is InChI=1S/C26H39N3O2/c1-2-8-25(30)28-19-22-9-6-7-12-24(22)29(26(31)20-28)18-15-21-13-16-27(17-14-21)23-10-4-3-5-11-23/h2,6-7,9,12,21,23,25,30H,1,3-5,8,10-11,13-20H2. The van der Waals surface area contributed by atoms with E-state index in [1.165, 1.54) is 58.0 Å². The molecule has 0 spiro atoms. The van der Waals surface area contributed by atoms with Crippen LogP contribution in [-0.2, 0) is 11.3 Å². The molecular weight excluding hydrogens is 386 g/mol. The van der Waals surface area contributed by atoms with E-state index in [9.17, 15) is 9.90 Å². The maximum Gasteiger partial charge on any atom is 0.241 e. The van der Waals surface area contributed by atoms with Crippen LogP contribution in [0.1, 0.15) is 63.4 Å². The van der Waals surface area contributed by atoms with Crippen molar-refractivity contribution in [2.45, 2.75) is 76.6 Å². The topological polar surface area (TPSA) is 47.0 Å². The lowest BCUT2D eigenvalue weighted by atomic mass is 9.89. The van der Waals surface area contributed by atoms with Crippen LogP contribution < -0.4 is 4.90 Å². The third kappa shape index (κ3) is 5.57. The molecule has 0 bridgehead atoms. The number of rotatable bonds is 7. The second-order valence-electron chi connectivity index (χ2n) is 9.64. The molecule has 1 amide bonds. The first-order chi connectivity index (χ1) is 15.2. The summed E-state index contributed by atoms with van der Waals surface area (Å²) in [5, 5.41) is 10.5. The van der Waals surface area contributed by atoms with E-state index < -0.39 is 6.23 Å². The summed E-state index contributed by atoms with van der Waals surface area (Å²) in [5.74, 6) is 0.790. The number of piperidine rings is 1. The van der Waals surface area contributed by atoms with Crippen LogP contribution in [-0.4, -0.2) is 59.3 Å². The SMILES string of the molecule is C=CCC(O)N1CC(=O)N(CCC2CCN(C3CCCCC3)CC2)c2ccccc2C1. The largest absolute Gasteiger partial charge is 0.378 e. The Kier molecular flexibility index (Phi) is 7.81. The lowest BCUT2D eigenvalue weighted by Crippen LogP contribution is -2.44. The van der Waals surface area contributed by atoms with Gasteiger partial charge in [0.25, 0.3) is 0 Å². The third-order valence-electron chi connectivity index (χ3n) is 7.60. The van der Waals surface area contributed by atoms with Crippen LogP contribution in [0.5, 0.6) is 0 Å². The molecule has 1 N–H and O–H groups in total. The maximum atomic E-state index is 13.2. The van der Waals surface area contributed by atoms with Gasteiger partial charge in [0, 0.05) is 31.2 Å². The number of hydrogen-bond donors (Lipinski definition) is 1. The van der Waals surface area contributed by atoms with Gasteiger partial charge < -0.3 is 14.9 Å². The van der Waals surface area contributed by atoms with Crippen LogP contribution in [0, 0.1) is 5.92 Å². The molecule has 1 aliphatic carbocycles. The van der Waals surface area contributed by atoms with E-state index in [1.807, 2.05) is 21.9 Å². The summed E-state index contributed by atoms with van der Waals surface area (Å²) in [5.41, 5.74) is 2.13. The average molecular weight is 426 g/mol. The van der Waals surface area contributed by atoms with E-state index in [1.54, 1.807) is 6.08 Å². The van der Waals surface area contributed by atoms with Gasteiger partial charge in [-0.15, -0.1) is 6.58 Å². The first-order valence-corrected chi connectivity index (χ1v) is 12.3. The summed E-state index contributed by atoms with van der Waals surface area (Å²) >= 11 is 0. The van der Waals surface area contributed by atoms with Crippen molar-refractivity contribution in [3.05, 3.63) is 42.5 Å². The Labute approximate surface area is 187 Å². The summed E-state index contributed by atoms with van der Waals surface area (Å²) < 4.78 is 0. The summed E-state index contributed by atoms with van der Waals surface area (Å²) in [6.45, 7) is 7.79. The van der Waals surface area contributed by atoms with Crippen molar-refractivity contribution >= 4 is 11.6 Å². The smallest absolute Gasteiger partial charge is 0.241 e. The number of carbonyl (C=O) groups excluding carboxylic acids is 1. The molecule has 31 heavy (non-hydrogen) atoms. The fourth-order valence-corrected chi connectivity index (χ4v) is 5.69. The van der Waals surface area contributed by atoms with E-state index in [2.05, 4.69) is 23.6 Å². The first-order valence-electron chi connectivity index (χ1n) is 12.3. The van der Waals surface area contributed by atoms with Gasteiger partial charge in [-0.2, -0.15) is 0 Å². The number of aliphatic hydroxyl groups is 1. The van der Waals surface area contributed by atoms with E-state index >= 15 is 0 Å². The Balaban J connectivity index is 1.36. The van der Waals surface area contributed by atoms with Crippen molar-refractivity contribution in [2.75, 3.05) is 31.1 Å². The monoisotopic (exact) mass is 425 g/mol. The fourth-order valence-electron chi connectivity index (χ4n) is 5.69. The van der Waals surface area contributed by atoms with Gasteiger partial charge in [-0.25, -0.2) is 0 Å². The molecule has 4 rings (SSSR count). The normalized spacial score (nSPS) is 23.4. The number of para-hydroxylation sites is 1. The Bertz CT molecular complexity index is 738. The molecule has 1 unspecified atom stereocenters. The van der Waals surface area contributed by atoms with Crippen molar-refractivity contribution in [3.8, 4) is 0 Å². The van der Waals surface area contributed by atoms with E-state index in [0.717, 1.165) is 30.3 Å². The van der Waals surface area contributed by atoms with Gasteiger partial charge in [-0.05, 0) is 62.7 Å². The van der Waals surface area contributed by atoms with Crippen LogP contribution in [0.4, 0.5) is 5.69 Å². The molecule has 0 radical (unpaired) electrons. The highest BCUT2D eigenvalue weighted by atomic mass is 16.3. The molecule has 3 aliphatic rings. The molecule has 1 saturated heterocycles. The molecule has 1 aromatic carbocycles. The minimum Gasteiger partial charge on any atom is -0.378 e. The number of anilines is 1. The van der Waals surface area contributed by atoms with Crippen LogP contribution in [0.2, 0.25) is 0 Å². The van der Waals surface area contributed by atoms with Gasteiger partial charge in [-0.3, -0.25) is 9.69 Å². The van der Waals surface area contributed by atoms with Crippen LogP contribution >= 0.6 is 0 Å². The van der Waals surface area contributed by atoms with Crippen LogP contribution in [0.25, 0.3) is 0 Å². The zero-order valence-electron chi connectivity index (χ0n) is 18.9. The van der Waals surface area contributed by atoms with Crippen LogP contribution in [0.15, 0.2) is 36.9 Å². The van der Waals surface area contributed by atoms with Crippen molar-refractivity contribution in [1.82, 2.24) is 9.80 Å². The Morgan fingerprint density at radius 1 is 1.06 bits per heavy atom. The highest BCUT2D eigenvalue weighted by Crippen LogP contribution is 2.31. The molecular formula is C26H39N3O2. The minimum absolute atomic E-state index is 0.0905. The van der Waals surface area contributed by atoms with Crippen molar-refractivity contribution in [1.29, 1.82) is 0 Å². The Morgan fingerprint density at radius 2 is 1.81 bits per heavy atom. The molecule has 1 atom stereocenters. The lowest BCUT2D eigenvalue weighted by molar-refractivity contribution is -0.122. The number of benzene rings is 1. The maximum absolute atomic E-state index is 13.2. The summed E-state index contributed by atoms with van der Waals surface area (Å²) in [6, 6.07) is 8.99. The quantitative estimate of drug-likeness (QED) is 0.666. The van der Waals surface area contributed by atoms with Gasteiger partial charge in [-0.1, -0.05) is 43.5 Å². The van der Waals surface area contributed by atoms with E-state index in [-0.39, 0.29) is 12.5 Å². The average Bonchev–Trinajstić information content (AvgIpc) is 2.95. The fraction of sp³-hybridized carbons (Fsp3) is 0.654. The number of amides is 1. The van der Waals surface area contributed by atoms with Gasteiger partial charge in [0.15, 0.2) is 0 Å². The molecule has 0 aromatic heterocycles. The van der Waals surface area contributed by atoms with Gasteiger partial charge >= 0.3 is 0 Å². The predicted octanol–water partition coefficient (Wildman–Crippen LogP) is 4.16. The highest BCUT2D eigenvalue weighted by molar-refractivity contribution is 5.96. The van der Waals surface area contributed by atoms with Gasteiger partial charge in [0.1, 0.15) is 6.23 Å². The van der Waals surface area contributed by atoms with Crippen LogP contribution in [0.3, 0.4) is 0 Å². The number of nitrogens with zero attached hydrogens (tertiary/aromatic N) is 3. The highest BCUT2D eigenvalue weighted by Gasteiger charge is 2.30. The van der Waals surface area contributed by atoms with E-state index in [4.69, 9.17) is 0 Å². The second-order valence-corrected chi connectivity index (χ2v) is 9.64. The van der Waals surface area contributed by atoms with Crippen molar-refractivity contribution in [3.63, 3.8) is 0 Å². The molecule has 5 heteroatoms. The second kappa shape index (κ2) is 10.8. The summed E-state index contributed by atoms with van der Waals surface area (Å²) in [7, 11) is 0.